The number of hydrogen-bond acceptors (Lipinski definition) is 4. The van der Waals surface area contributed by atoms with E-state index in [1.807, 2.05) is 19.0 Å². The first kappa shape index (κ1) is 18.2. The molecule has 1 saturated heterocycles. The van der Waals surface area contributed by atoms with Crippen LogP contribution in [0.15, 0.2) is 6.07 Å². The van der Waals surface area contributed by atoms with Gasteiger partial charge in [-0.3, -0.25) is 4.68 Å². The SMILES string of the molecule is CCN1CCC(NCc2cc3n(n2)CCCN(C(=O)N(C)C)C3)CC1. The highest BCUT2D eigenvalue weighted by Gasteiger charge is 2.22. The van der Waals surface area contributed by atoms with Crippen molar-refractivity contribution in [2.24, 2.45) is 0 Å². The first-order chi connectivity index (χ1) is 12.1. The van der Waals surface area contributed by atoms with E-state index in [1.54, 1.807) is 4.90 Å². The van der Waals surface area contributed by atoms with Gasteiger partial charge in [-0.1, -0.05) is 6.92 Å². The molecule has 3 heterocycles. The standard InChI is InChI=1S/C18H32N6O/c1-4-22-10-6-15(7-11-22)19-13-16-12-17-14-23(18(25)21(2)3)8-5-9-24(17)20-16/h12,15,19H,4-11,13-14H2,1-3H3. The van der Waals surface area contributed by atoms with E-state index >= 15 is 0 Å². The molecular weight excluding hydrogens is 316 g/mol. The highest BCUT2D eigenvalue weighted by atomic mass is 16.2. The number of likely N-dealkylation sites (tertiary alicyclic amines) is 1. The van der Waals surface area contributed by atoms with Gasteiger partial charge in [-0.2, -0.15) is 5.10 Å². The van der Waals surface area contributed by atoms with Crippen molar-refractivity contribution >= 4 is 6.03 Å². The van der Waals surface area contributed by atoms with Crippen LogP contribution in [0.5, 0.6) is 0 Å². The van der Waals surface area contributed by atoms with Gasteiger partial charge >= 0.3 is 6.03 Å². The van der Waals surface area contributed by atoms with Crippen LogP contribution >= 0.6 is 0 Å². The van der Waals surface area contributed by atoms with Crippen LogP contribution in [0.4, 0.5) is 4.79 Å². The smallest absolute Gasteiger partial charge is 0.319 e. The number of carbonyl (C=O) groups is 1. The highest BCUT2D eigenvalue weighted by molar-refractivity contribution is 5.73. The molecule has 1 aromatic rings. The third-order valence-electron chi connectivity index (χ3n) is 5.32. The molecule has 7 heteroatoms. The molecule has 2 aliphatic heterocycles. The topological polar surface area (TPSA) is 56.6 Å². The molecule has 0 bridgehead atoms. The fourth-order valence-electron chi connectivity index (χ4n) is 3.76. The summed E-state index contributed by atoms with van der Waals surface area (Å²) in [4.78, 5) is 18.3. The molecule has 3 rings (SSSR count). The van der Waals surface area contributed by atoms with E-state index in [0.29, 0.717) is 12.6 Å². The monoisotopic (exact) mass is 348 g/mol. The average Bonchev–Trinajstić information content (AvgIpc) is 2.90. The molecule has 140 valence electrons. The number of aryl methyl sites for hydroxylation is 1. The van der Waals surface area contributed by atoms with E-state index in [4.69, 9.17) is 5.10 Å². The van der Waals surface area contributed by atoms with Crippen molar-refractivity contribution in [2.45, 2.75) is 51.9 Å². The van der Waals surface area contributed by atoms with Crippen LogP contribution < -0.4 is 5.32 Å². The Labute approximate surface area is 150 Å². The van der Waals surface area contributed by atoms with Crippen LogP contribution in [0, 0.1) is 0 Å². The molecule has 0 spiro atoms. The fourth-order valence-corrected chi connectivity index (χ4v) is 3.76. The second-order valence-electron chi connectivity index (χ2n) is 7.39. The molecule has 7 nitrogen and oxygen atoms in total. The third-order valence-corrected chi connectivity index (χ3v) is 5.32. The van der Waals surface area contributed by atoms with Crippen molar-refractivity contribution < 1.29 is 4.79 Å². The number of urea groups is 1. The van der Waals surface area contributed by atoms with Crippen molar-refractivity contribution in [3.8, 4) is 0 Å². The van der Waals surface area contributed by atoms with Gasteiger partial charge in [0.15, 0.2) is 0 Å². The van der Waals surface area contributed by atoms with Crippen molar-refractivity contribution in [1.29, 1.82) is 0 Å². The van der Waals surface area contributed by atoms with Crippen LogP contribution in [0.2, 0.25) is 0 Å². The van der Waals surface area contributed by atoms with Crippen LogP contribution in [0.3, 0.4) is 0 Å². The van der Waals surface area contributed by atoms with Crippen LogP contribution in [-0.2, 0) is 19.6 Å². The average molecular weight is 348 g/mol. The maximum Gasteiger partial charge on any atom is 0.319 e. The predicted molar refractivity (Wildman–Crippen MR) is 98.3 cm³/mol. The Bertz CT molecular complexity index is 576. The summed E-state index contributed by atoms with van der Waals surface area (Å²) in [7, 11) is 3.62. The van der Waals surface area contributed by atoms with Crippen molar-refractivity contribution in [2.75, 3.05) is 40.3 Å². The van der Waals surface area contributed by atoms with Gasteiger partial charge in [0.25, 0.3) is 0 Å². The quantitative estimate of drug-likeness (QED) is 0.892. The first-order valence-corrected chi connectivity index (χ1v) is 9.54. The van der Waals surface area contributed by atoms with E-state index in [1.165, 1.54) is 25.9 Å². The van der Waals surface area contributed by atoms with E-state index in [-0.39, 0.29) is 6.03 Å². The molecule has 0 aromatic carbocycles. The summed E-state index contributed by atoms with van der Waals surface area (Å²) in [6, 6.07) is 2.84. The Hall–Kier alpha value is -1.60. The van der Waals surface area contributed by atoms with Crippen LogP contribution in [0.25, 0.3) is 0 Å². The number of nitrogens with zero attached hydrogens (tertiary/aromatic N) is 5. The second-order valence-corrected chi connectivity index (χ2v) is 7.39. The maximum absolute atomic E-state index is 12.3. The summed E-state index contributed by atoms with van der Waals surface area (Å²) in [5, 5.41) is 8.43. The lowest BCUT2D eigenvalue weighted by Crippen LogP contribution is -2.42. The summed E-state index contributed by atoms with van der Waals surface area (Å²) in [6.45, 7) is 8.92. The molecule has 1 fully saturated rings. The summed E-state index contributed by atoms with van der Waals surface area (Å²) < 4.78 is 2.08. The zero-order chi connectivity index (χ0) is 17.8. The Kier molecular flexibility index (Phi) is 5.96. The molecule has 2 aliphatic rings. The number of nitrogens with one attached hydrogen (secondary N) is 1. The van der Waals surface area contributed by atoms with Gasteiger partial charge in [0, 0.05) is 39.8 Å². The Morgan fingerprint density at radius 1 is 1.28 bits per heavy atom. The van der Waals surface area contributed by atoms with Gasteiger partial charge in [-0.05, 0) is 45.0 Å². The number of fused-ring (bicyclic) bond motifs is 1. The molecule has 1 N–H and O–H groups in total. The van der Waals surface area contributed by atoms with Gasteiger partial charge in [0.05, 0.1) is 17.9 Å². The molecule has 0 aliphatic carbocycles. The van der Waals surface area contributed by atoms with Gasteiger partial charge < -0.3 is 20.0 Å². The molecule has 0 atom stereocenters. The zero-order valence-corrected chi connectivity index (χ0v) is 15.9. The minimum absolute atomic E-state index is 0.0806. The molecule has 0 radical (unpaired) electrons. The van der Waals surface area contributed by atoms with Crippen molar-refractivity contribution in [3.63, 3.8) is 0 Å². The minimum atomic E-state index is 0.0806. The molecule has 0 unspecified atom stereocenters. The van der Waals surface area contributed by atoms with E-state index < -0.39 is 0 Å². The second kappa shape index (κ2) is 8.19. The van der Waals surface area contributed by atoms with Gasteiger partial charge in [0.1, 0.15) is 0 Å². The van der Waals surface area contributed by atoms with Crippen molar-refractivity contribution in [3.05, 3.63) is 17.5 Å². The minimum Gasteiger partial charge on any atom is -0.331 e. The van der Waals surface area contributed by atoms with E-state index in [0.717, 1.165) is 44.0 Å². The normalized spacial score (nSPS) is 19.6. The van der Waals surface area contributed by atoms with Gasteiger partial charge in [0.2, 0.25) is 0 Å². The Morgan fingerprint density at radius 3 is 2.72 bits per heavy atom. The number of amides is 2. The van der Waals surface area contributed by atoms with Gasteiger partial charge in [-0.15, -0.1) is 0 Å². The summed E-state index contributed by atoms with van der Waals surface area (Å²) in [5.74, 6) is 0. The number of carbonyl (C=O) groups excluding carboxylic acids is 1. The van der Waals surface area contributed by atoms with E-state index in [2.05, 4.69) is 27.9 Å². The lowest BCUT2D eigenvalue weighted by molar-refractivity contribution is 0.169. The maximum atomic E-state index is 12.3. The number of rotatable bonds is 4. The molecular formula is C18H32N6O. The number of hydrogen-bond donors (Lipinski definition) is 1. The highest BCUT2D eigenvalue weighted by Crippen LogP contribution is 2.16. The Balaban J connectivity index is 1.55. The van der Waals surface area contributed by atoms with Crippen molar-refractivity contribution in [1.82, 2.24) is 29.8 Å². The van der Waals surface area contributed by atoms with E-state index in [9.17, 15) is 4.79 Å². The van der Waals surface area contributed by atoms with Crippen LogP contribution in [0.1, 0.15) is 37.6 Å². The molecule has 1 aromatic heterocycles. The molecule has 0 saturated carbocycles. The summed E-state index contributed by atoms with van der Waals surface area (Å²) in [5.41, 5.74) is 2.23. The third kappa shape index (κ3) is 4.52. The largest absolute Gasteiger partial charge is 0.331 e. The Morgan fingerprint density at radius 2 is 2.04 bits per heavy atom. The summed E-state index contributed by atoms with van der Waals surface area (Å²) >= 11 is 0. The van der Waals surface area contributed by atoms with Crippen LogP contribution in [-0.4, -0.2) is 76.8 Å². The lowest BCUT2D eigenvalue weighted by atomic mass is 10.1. The fraction of sp³-hybridized carbons (Fsp3) is 0.778. The predicted octanol–water partition coefficient (Wildman–Crippen LogP) is 1.34. The number of aromatic nitrogens is 2. The molecule has 25 heavy (non-hydrogen) atoms. The summed E-state index contributed by atoms with van der Waals surface area (Å²) in [6.07, 6.45) is 3.38. The first-order valence-electron chi connectivity index (χ1n) is 9.54. The van der Waals surface area contributed by atoms with Gasteiger partial charge in [-0.25, -0.2) is 4.79 Å². The molecule has 2 amide bonds. The lowest BCUT2D eigenvalue weighted by Gasteiger charge is -2.31. The number of piperidine rings is 1. The zero-order valence-electron chi connectivity index (χ0n) is 15.9.